The monoisotopic (exact) mass is 275 g/mol. The van der Waals surface area contributed by atoms with Gasteiger partial charge in [0, 0.05) is 36.8 Å². The maximum Gasteiger partial charge on any atom is 0.221 e. The Bertz CT molecular complexity index is 508. The Hall–Kier alpha value is -1.75. The van der Waals surface area contributed by atoms with Crippen LogP contribution in [0.1, 0.15) is 12.0 Å². The van der Waals surface area contributed by atoms with Crippen LogP contribution in [0.15, 0.2) is 43.0 Å². The van der Waals surface area contributed by atoms with E-state index in [-0.39, 0.29) is 5.91 Å². The minimum Gasteiger partial charge on any atom is -0.352 e. The molecular formula is C14H17N3OS. The number of thioether (sulfide) groups is 1. The van der Waals surface area contributed by atoms with E-state index in [1.165, 1.54) is 0 Å². The Morgan fingerprint density at radius 2 is 2.16 bits per heavy atom. The van der Waals surface area contributed by atoms with Gasteiger partial charge in [-0.2, -0.15) is 11.8 Å². The van der Waals surface area contributed by atoms with Gasteiger partial charge in [-0.25, -0.2) is 4.98 Å². The average Bonchev–Trinajstić information content (AvgIpc) is 2.97. The van der Waals surface area contributed by atoms with Gasteiger partial charge < -0.3 is 9.88 Å². The van der Waals surface area contributed by atoms with Crippen molar-refractivity contribution in [2.24, 2.45) is 0 Å². The minimum absolute atomic E-state index is 0.105. The first kappa shape index (κ1) is 13.7. The fourth-order valence-electron chi connectivity index (χ4n) is 1.68. The molecule has 0 saturated carbocycles. The molecule has 0 aliphatic rings. The molecule has 2 rings (SSSR count). The van der Waals surface area contributed by atoms with Gasteiger partial charge in [0.05, 0.1) is 6.33 Å². The molecule has 5 heteroatoms. The second kappa shape index (κ2) is 6.99. The Kier molecular flexibility index (Phi) is 5.03. The van der Waals surface area contributed by atoms with E-state index < -0.39 is 0 Å². The Morgan fingerprint density at radius 1 is 1.37 bits per heavy atom. The van der Waals surface area contributed by atoms with Gasteiger partial charge in [0.2, 0.25) is 5.91 Å². The molecule has 0 unspecified atom stereocenters. The molecule has 1 heterocycles. The summed E-state index contributed by atoms with van der Waals surface area (Å²) in [5.41, 5.74) is 2.16. The molecule has 0 aliphatic heterocycles. The molecule has 0 atom stereocenters. The summed E-state index contributed by atoms with van der Waals surface area (Å²) in [6.45, 7) is 0.581. The first-order valence-corrected chi connectivity index (χ1v) is 7.52. The molecule has 1 amide bonds. The van der Waals surface area contributed by atoms with Gasteiger partial charge in [-0.05, 0) is 24.0 Å². The van der Waals surface area contributed by atoms with E-state index in [4.69, 9.17) is 0 Å². The summed E-state index contributed by atoms with van der Waals surface area (Å²) in [4.78, 5) is 15.5. The lowest BCUT2D eigenvalue weighted by Gasteiger charge is -2.06. The molecule has 1 aromatic heterocycles. The van der Waals surface area contributed by atoms with Crippen molar-refractivity contribution in [3.8, 4) is 5.69 Å². The van der Waals surface area contributed by atoms with E-state index in [1.807, 2.05) is 41.3 Å². The lowest BCUT2D eigenvalue weighted by atomic mass is 10.2. The number of benzene rings is 1. The molecular weight excluding hydrogens is 258 g/mol. The number of carbonyl (C=O) groups is 1. The third-order valence-electron chi connectivity index (χ3n) is 2.76. The Balaban J connectivity index is 1.87. The second-order valence-corrected chi connectivity index (χ2v) is 5.14. The van der Waals surface area contributed by atoms with Crippen LogP contribution in [0.4, 0.5) is 0 Å². The topological polar surface area (TPSA) is 46.9 Å². The molecule has 0 spiro atoms. The van der Waals surface area contributed by atoms with Gasteiger partial charge in [0.15, 0.2) is 0 Å². The maximum absolute atomic E-state index is 11.5. The van der Waals surface area contributed by atoms with E-state index in [0.717, 1.165) is 17.0 Å². The standard InChI is InChI=1S/C14H17N3OS/c1-19-9-6-14(18)16-10-12-2-4-13(5-3-12)17-8-7-15-11-17/h2-5,7-8,11H,6,9-10H2,1H3,(H,16,18). The lowest BCUT2D eigenvalue weighted by Crippen LogP contribution is -2.22. The predicted octanol–water partition coefficient (Wildman–Crippen LogP) is 2.24. The van der Waals surface area contributed by atoms with Crippen molar-refractivity contribution >= 4 is 17.7 Å². The van der Waals surface area contributed by atoms with Gasteiger partial charge in [0.25, 0.3) is 0 Å². The summed E-state index contributed by atoms with van der Waals surface area (Å²) in [6, 6.07) is 8.07. The summed E-state index contributed by atoms with van der Waals surface area (Å²) < 4.78 is 1.95. The van der Waals surface area contributed by atoms with E-state index in [0.29, 0.717) is 13.0 Å². The second-order valence-electron chi connectivity index (χ2n) is 4.16. The fraction of sp³-hybridized carbons (Fsp3) is 0.286. The van der Waals surface area contributed by atoms with Crippen molar-refractivity contribution in [1.82, 2.24) is 14.9 Å². The molecule has 19 heavy (non-hydrogen) atoms. The summed E-state index contributed by atoms with van der Waals surface area (Å²) in [5.74, 6) is 0.971. The minimum atomic E-state index is 0.105. The predicted molar refractivity (Wildman–Crippen MR) is 78.4 cm³/mol. The molecule has 0 bridgehead atoms. The summed E-state index contributed by atoms with van der Waals surface area (Å²) in [6.07, 6.45) is 7.99. The fourth-order valence-corrected chi connectivity index (χ4v) is 2.07. The van der Waals surface area contributed by atoms with Crippen molar-refractivity contribution in [2.75, 3.05) is 12.0 Å². The highest BCUT2D eigenvalue weighted by Crippen LogP contribution is 2.09. The third-order valence-corrected chi connectivity index (χ3v) is 3.37. The smallest absolute Gasteiger partial charge is 0.221 e. The molecule has 100 valence electrons. The molecule has 0 fully saturated rings. The number of rotatable bonds is 6. The van der Waals surface area contributed by atoms with Crippen molar-refractivity contribution in [3.05, 3.63) is 48.5 Å². The molecule has 1 aromatic carbocycles. The van der Waals surface area contributed by atoms with Crippen molar-refractivity contribution in [2.45, 2.75) is 13.0 Å². The van der Waals surface area contributed by atoms with Crippen LogP contribution >= 0.6 is 11.8 Å². The van der Waals surface area contributed by atoms with Crippen LogP contribution in [-0.4, -0.2) is 27.5 Å². The van der Waals surface area contributed by atoms with E-state index in [9.17, 15) is 4.79 Å². The average molecular weight is 275 g/mol. The highest BCUT2D eigenvalue weighted by Gasteiger charge is 2.01. The van der Waals surface area contributed by atoms with Crippen molar-refractivity contribution < 1.29 is 4.79 Å². The van der Waals surface area contributed by atoms with Gasteiger partial charge in [-0.3, -0.25) is 4.79 Å². The highest BCUT2D eigenvalue weighted by molar-refractivity contribution is 7.98. The van der Waals surface area contributed by atoms with E-state index in [1.54, 1.807) is 24.3 Å². The van der Waals surface area contributed by atoms with E-state index in [2.05, 4.69) is 10.3 Å². The number of carbonyl (C=O) groups excluding carboxylic acids is 1. The number of imidazole rings is 1. The largest absolute Gasteiger partial charge is 0.352 e. The van der Waals surface area contributed by atoms with Gasteiger partial charge in [-0.15, -0.1) is 0 Å². The number of amides is 1. The Labute approximate surface area is 117 Å². The Morgan fingerprint density at radius 3 is 2.79 bits per heavy atom. The zero-order valence-corrected chi connectivity index (χ0v) is 11.7. The molecule has 0 aliphatic carbocycles. The SMILES string of the molecule is CSCCC(=O)NCc1ccc(-n2ccnc2)cc1. The van der Waals surface area contributed by atoms with Gasteiger partial charge in [-0.1, -0.05) is 12.1 Å². The summed E-state index contributed by atoms with van der Waals surface area (Å²) in [5, 5.41) is 2.92. The van der Waals surface area contributed by atoms with Gasteiger partial charge in [0.1, 0.15) is 0 Å². The van der Waals surface area contributed by atoms with Crippen LogP contribution in [0, 0.1) is 0 Å². The molecule has 0 radical (unpaired) electrons. The molecule has 0 saturated heterocycles. The van der Waals surface area contributed by atoms with Crippen LogP contribution in [0.2, 0.25) is 0 Å². The molecule has 1 N–H and O–H groups in total. The van der Waals surface area contributed by atoms with Crippen LogP contribution in [0.3, 0.4) is 0 Å². The quantitative estimate of drug-likeness (QED) is 0.879. The van der Waals surface area contributed by atoms with Crippen molar-refractivity contribution in [3.63, 3.8) is 0 Å². The lowest BCUT2D eigenvalue weighted by molar-refractivity contribution is -0.120. The zero-order chi connectivity index (χ0) is 13.5. The normalized spacial score (nSPS) is 10.4. The number of hydrogen-bond acceptors (Lipinski definition) is 3. The number of aromatic nitrogens is 2. The zero-order valence-electron chi connectivity index (χ0n) is 10.9. The third kappa shape index (κ3) is 4.13. The van der Waals surface area contributed by atoms with E-state index >= 15 is 0 Å². The van der Waals surface area contributed by atoms with Crippen LogP contribution < -0.4 is 5.32 Å². The number of nitrogens with zero attached hydrogens (tertiary/aromatic N) is 2. The molecule has 2 aromatic rings. The number of nitrogens with one attached hydrogen (secondary N) is 1. The van der Waals surface area contributed by atoms with Crippen LogP contribution in [-0.2, 0) is 11.3 Å². The van der Waals surface area contributed by atoms with Crippen LogP contribution in [0.25, 0.3) is 5.69 Å². The molecule has 4 nitrogen and oxygen atoms in total. The summed E-state index contributed by atoms with van der Waals surface area (Å²) >= 11 is 1.68. The van der Waals surface area contributed by atoms with Crippen molar-refractivity contribution in [1.29, 1.82) is 0 Å². The highest BCUT2D eigenvalue weighted by atomic mass is 32.2. The van der Waals surface area contributed by atoms with Gasteiger partial charge >= 0.3 is 0 Å². The first-order chi connectivity index (χ1) is 9.29. The van der Waals surface area contributed by atoms with Crippen LogP contribution in [0.5, 0.6) is 0 Å². The maximum atomic E-state index is 11.5. The first-order valence-electron chi connectivity index (χ1n) is 6.12. The summed E-state index contributed by atoms with van der Waals surface area (Å²) in [7, 11) is 0. The number of hydrogen-bond donors (Lipinski definition) is 1.